The predicted molar refractivity (Wildman–Crippen MR) is 67.2 cm³/mol. The van der Waals surface area contributed by atoms with Crippen LogP contribution in [-0.2, 0) is 0 Å². The van der Waals surface area contributed by atoms with Gasteiger partial charge in [-0.2, -0.15) is 0 Å². The van der Waals surface area contributed by atoms with Gasteiger partial charge in [-0.1, -0.05) is 12.5 Å². The topological polar surface area (TPSA) is 15.6 Å². The number of allylic oxidation sites excluding steroid dienone is 1. The summed E-state index contributed by atoms with van der Waals surface area (Å²) in [5.41, 5.74) is 1.28. The number of piperidine rings is 1. The van der Waals surface area contributed by atoms with Crippen LogP contribution >= 0.6 is 0 Å². The summed E-state index contributed by atoms with van der Waals surface area (Å²) in [5, 5.41) is 0. The molecule has 2 heteroatoms. The van der Waals surface area contributed by atoms with Gasteiger partial charge in [0.1, 0.15) is 5.84 Å². The molecular formula is C13H24N2. The standard InChI is InChI=1S/C13H24N2/c1-5-9-15-12(4)7-6-8-13(15)14-10-11(2)3/h10,12H,5-9H2,1-4H3/b14-13-/t12-/m1/s1. The molecule has 0 aromatic carbocycles. The Hall–Kier alpha value is -0.790. The van der Waals surface area contributed by atoms with Crippen molar-refractivity contribution < 1.29 is 0 Å². The zero-order valence-electron chi connectivity index (χ0n) is 10.6. The molecule has 1 atom stereocenters. The quantitative estimate of drug-likeness (QED) is 0.692. The summed E-state index contributed by atoms with van der Waals surface area (Å²) < 4.78 is 0. The zero-order valence-corrected chi connectivity index (χ0v) is 10.6. The van der Waals surface area contributed by atoms with Gasteiger partial charge in [0.15, 0.2) is 0 Å². The highest BCUT2D eigenvalue weighted by molar-refractivity contribution is 5.83. The Balaban J connectivity index is 2.74. The number of likely N-dealkylation sites (tertiary alicyclic amines) is 1. The fraction of sp³-hybridized carbons (Fsp3) is 0.769. The van der Waals surface area contributed by atoms with Crippen molar-refractivity contribution in [3.63, 3.8) is 0 Å². The van der Waals surface area contributed by atoms with E-state index in [9.17, 15) is 0 Å². The number of hydrogen-bond donors (Lipinski definition) is 0. The van der Waals surface area contributed by atoms with Gasteiger partial charge >= 0.3 is 0 Å². The predicted octanol–water partition coefficient (Wildman–Crippen LogP) is 3.59. The van der Waals surface area contributed by atoms with E-state index in [1.165, 1.54) is 30.7 Å². The molecule has 1 aliphatic heterocycles. The summed E-state index contributed by atoms with van der Waals surface area (Å²) in [7, 11) is 0. The SMILES string of the molecule is CCCN1/C(=N\C=C(C)C)CCC[C@H]1C. The van der Waals surface area contributed by atoms with E-state index >= 15 is 0 Å². The van der Waals surface area contributed by atoms with Crippen LogP contribution in [0.5, 0.6) is 0 Å². The normalized spacial score (nSPS) is 24.4. The lowest BCUT2D eigenvalue weighted by atomic mass is 10.0. The van der Waals surface area contributed by atoms with Crippen LogP contribution in [0.3, 0.4) is 0 Å². The molecule has 0 radical (unpaired) electrons. The van der Waals surface area contributed by atoms with E-state index in [1.54, 1.807) is 0 Å². The van der Waals surface area contributed by atoms with Crippen LogP contribution in [0, 0.1) is 0 Å². The molecule has 1 fully saturated rings. The lowest BCUT2D eigenvalue weighted by Gasteiger charge is -2.36. The molecule has 1 saturated heterocycles. The van der Waals surface area contributed by atoms with Crippen molar-refractivity contribution in [1.82, 2.24) is 4.90 Å². The van der Waals surface area contributed by atoms with Crippen LogP contribution in [-0.4, -0.2) is 23.3 Å². The molecule has 2 nitrogen and oxygen atoms in total. The molecule has 0 aromatic rings. The van der Waals surface area contributed by atoms with Crippen LogP contribution in [0.15, 0.2) is 16.8 Å². The summed E-state index contributed by atoms with van der Waals surface area (Å²) in [6.07, 6.45) is 6.95. The molecule has 1 rings (SSSR count). The maximum absolute atomic E-state index is 4.61. The van der Waals surface area contributed by atoms with E-state index in [4.69, 9.17) is 0 Å². The largest absolute Gasteiger partial charge is 0.357 e. The monoisotopic (exact) mass is 208 g/mol. The molecule has 1 heterocycles. The molecule has 0 bridgehead atoms. The van der Waals surface area contributed by atoms with Crippen LogP contribution in [0.2, 0.25) is 0 Å². The molecule has 15 heavy (non-hydrogen) atoms. The van der Waals surface area contributed by atoms with E-state index in [0.717, 1.165) is 13.0 Å². The second-order valence-corrected chi connectivity index (χ2v) is 4.69. The Morgan fingerprint density at radius 2 is 2.27 bits per heavy atom. The van der Waals surface area contributed by atoms with Crippen molar-refractivity contribution in [3.8, 4) is 0 Å². The van der Waals surface area contributed by atoms with Gasteiger partial charge in [0.25, 0.3) is 0 Å². The maximum Gasteiger partial charge on any atom is 0.104 e. The van der Waals surface area contributed by atoms with Crippen LogP contribution in [0.25, 0.3) is 0 Å². The molecule has 0 aromatic heterocycles. The lowest BCUT2D eigenvalue weighted by Crippen LogP contribution is -2.42. The first-order chi connectivity index (χ1) is 7.15. The number of hydrogen-bond acceptors (Lipinski definition) is 1. The van der Waals surface area contributed by atoms with Gasteiger partial charge in [0.2, 0.25) is 0 Å². The maximum atomic E-state index is 4.61. The third-order valence-corrected chi connectivity index (χ3v) is 2.82. The average molecular weight is 208 g/mol. The van der Waals surface area contributed by atoms with E-state index < -0.39 is 0 Å². The minimum Gasteiger partial charge on any atom is -0.357 e. The Morgan fingerprint density at radius 1 is 1.53 bits per heavy atom. The fourth-order valence-electron chi connectivity index (χ4n) is 2.04. The van der Waals surface area contributed by atoms with Gasteiger partial charge in [-0.3, -0.25) is 0 Å². The summed E-state index contributed by atoms with van der Waals surface area (Å²) in [6, 6.07) is 0.669. The second kappa shape index (κ2) is 5.94. The number of nitrogens with zero attached hydrogens (tertiary/aromatic N) is 2. The highest BCUT2D eigenvalue weighted by Crippen LogP contribution is 2.19. The molecule has 1 aliphatic rings. The highest BCUT2D eigenvalue weighted by Gasteiger charge is 2.21. The van der Waals surface area contributed by atoms with Crippen LogP contribution in [0.4, 0.5) is 0 Å². The molecule has 0 saturated carbocycles. The molecule has 0 aliphatic carbocycles. The minimum absolute atomic E-state index is 0.669. The Bertz CT molecular complexity index is 249. The minimum atomic E-state index is 0.669. The van der Waals surface area contributed by atoms with Gasteiger partial charge in [0, 0.05) is 25.2 Å². The third kappa shape index (κ3) is 3.69. The van der Waals surface area contributed by atoms with E-state index in [0.29, 0.717) is 6.04 Å². The molecule has 0 unspecified atom stereocenters. The fourth-order valence-corrected chi connectivity index (χ4v) is 2.04. The van der Waals surface area contributed by atoms with Crippen molar-refractivity contribution in [1.29, 1.82) is 0 Å². The van der Waals surface area contributed by atoms with E-state index in [2.05, 4.69) is 37.6 Å². The number of amidine groups is 1. The zero-order chi connectivity index (χ0) is 11.3. The third-order valence-electron chi connectivity index (χ3n) is 2.82. The molecule has 0 spiro atoms. The summed E-state index contributed by atoms with van der Waals surface area (Å²) >= 11 is 0. The van der Waals surface area contributed by atoms with Crippen molar-refractivity contribution in [2.45, 2.75) is 59.4 Å². The van der Waals surface area contributed by atoms with Gasteiger partial charge in [0.05, 0.1) is 0 Å². The first-order valence-electron chi connectivity index (χ1n) is 6.11. The lowest BCUT2D eigenvalue weighted by molar-refractivity contribution is 0.281. The highest BCUT2D eigenvalue weighted by atomic mass is 15.2. The molecule has 0 N–H and O–H groups in total. The van der Waals surface area contributed by atoms with Crippen LogP contribution in [0.1, 0.15) is 53.4 Å². The van der Waals surface area contributed by atoms with Gasteiger partial charge in [-0.05, 0) is 40.0 Å². The molecular weight excluding hydrogens is 184 g/mol. The first-order valence-corrected chi connectivity index (χ1v) is 6.11. The summed E-state index contributed by atoms with van der Waals surface area (Å²) in [5.74, 6) is 1.29. The second-order valence-electron chi connectivity index (χ2n) is 4.69. The molecule has 0 amide bonds. The number of aliphatic imine (C=N–C) groups is 1. The Kier molecular flexibility index (Phi) is 4.86. The average Bonchev–Trinajstić information content (AvgIpc) is 2.19. The van der Waals surface area contributed by atoms with Crippen molar-refractivity contribution >= 4 is 5.84 Å². The van der Waals surface area contributed by atoms with E-state index in [1.807, 2.05) is 6.20 Å². The number of rotatable bonds is 3. The van der Waals surface area contributed by atoms with Gasteiger partial charge in [-0.25, -0.2) is 4.99 Å². The Labute approximate surface area is 94.1 Å². The van der Waals surface area contributed by atoms with Crippen molar-refractivity contribution in [2.75, 3.05) is 6.54 Å². The first kappa shape index (κ1) is 12.3. The van der Waals surface area contributed by atoms with Crippen molar-refractivity contribution in [3.05, 3.63) is 11.8 Å². The summed E-state index contributed by atoms with van der Waals surface area (Å²) in [4.78, 5) is 7.09. The molecule has 86 valence electrons. The van der Waals surface area contributed by atoms with Crippen LogP contribution < -0.4 is 0 Å². The van der Waals surface area contributed by atoms with Gasteiger partial charge < -0.3 is 4.90 Å². The van der Waals surface area contributed by atoms with Crippen molar-refractivity contribution in [2.24, 2.45) is 4.99 Å². The smallest absolute Gasteiger partial charge is 0.104 e. The van der Waals surface area contributed by atoms with Gasteiger partial charge in [-0.15, -0.1) is 0 Å². The summed E-state index contributed by atoms with van der Waals surface area (Å²) in [6.45, 7) is 9.89. The Morgan fingerprint density at radius 3 is 2.87 bits per heavy atom. The van der Waals surface area contributed by atoms with E-state index in [-0.39, 0.29) is 0 Å².